The number of nitrogens with two attached hydrogens (primary N) is 1. The third-order valence-corrected chi connectivity index (χ3v) is 6.05. The van der Waals surface area contributed by atoms with Crippen LogP contribution in [-0.2, 0) is 11.3 Å². The number of rotatable bonds is 3. The Morgan fingerprint density at radius 3 is 3.08 bits per heavy atom. The van der Waals surface area contributed by atoms with E-state index < -0.39 is 18.1 Å². The Kier molecular flexibility index (Phi) is 4.11. The predicted octanol–water partition coefficient (Wildman–Crippen LogP) is 1.32. The van der Waals surface area contributed by atoms with Crippen molar-refractivity contribution in [3.8, 4) is 0 Å². The number of aliphatic hydroxyl groups excluding tert-OH is 1. The quantitative estimate of drug-likeness (QED) is 0.588. The molecule has 2 aromatic heterocycles. The number of hydrogen-bond acceptors (Lipinski definition) is 6. The zero-order valence-electron chi connectivity index (χ0n) is 13.0. The summed E-state index contributed by atoms with van der Waals surface area (Å²) in [5, 5.41) is 10.7. The number of halogens is 1. The molecule has 0 aliphatic carbocycles. The molecule has 1 amide bonds. The molecule has 4 rings (SSSR count). The van der Waals surface area contributed by atoms with E-state index in [1.807, 2.05) is 18.2 Å². The number of aromatic nitrogens is 2. The molecule has 0 spiro atoms. The molecular weight excluding hydrogens is 408 g/mol. The largest absolute Gasteiger partial charge is 0.392 e. The monoisotopic (exact) mass is 422 g/mol. The standard InChI is InChI=1S/C16H15BrN4O3S/c17-7-1-2-11-9(3-7)13-14(25-11)16(24)20-12(19-13)6-21-5-8(22)4-10(21)15(18)23/h1-3,8,10,22H,4-6H2,(H2,18,23)(H,19,20,24)/t8-,10+/m0/s1. The highest BCUT2D eigenvalue weighted by Gasteiger charge is 2.35. The Morgan fingerprint density at radius 1 is 1.52 bits per heavy atom. The van der Waals surface area contributed by atoms with Gasteiger partial charge in [0.1, 0.15) is 10.5 Å². The molecule has 0 saturated carbocycles. The molecule has 25 heavy (non-hydrogen) atoms. The lowest BCUT2D eigenvalue weighted by Crippen LogP contribution is -2.40. The highest BCUT2D eigenvalue weighted by Crippen LogP contribution is 2.32. The minimum absolute atomic E-state index is 0.201. The SMILES string of the molecule is NC(=O)[C@H]1C[C@H](O)CN1Cc1nc2c(sc3ccc(Br)cc32)c(=O)[nH]1. The van der Waals surface area contributed by atoms with Crippen LogP contribution in [0.15, 0.2) is 27.5 Å². The molecule has 130 valence electrons. The van der Waals surface area contributed by atoms with E-state index in [9.17, 15) is 14.7 Å². The summed E-state index contributed by atoms with van der Waals surface area (Å²) in [6.07, 6.45) is -0.304. The Balaban J connectivity index is 1.78. The first kappa shape index (κ1) is 16.6. The Labute approximate surface area is 154 Å². The van der Waals surface area contributed by atoms with Crippen LogP contribution in [-0.4, -0.2) is 44.6 Å². The number of carbonyl (C=O) groups excluding carboxylic acids is 1. The predicted molar refractivity (Wildman–Crippen MR) is 99.5 cm³/mol. The van der Waals surface area contributed by atoms with E-state index in [4.69, 9.17) is 5.73 Å². The van der Waals surface area contributed by atoms with Gasteiger partial charge in [-0.1, -0.05) is 15.9 Å². The second-order valence-corrected chi connectivity index (χ2v) is 8.14. The summed E-state index contributed by atoms with van der Waals surface area (Å²) < 4.78 is 2.48. The fraction of sp³-hybridized carbons (Fsp3) is 0.312. The number of nitrogens with zero attached hydrogens (tertiary/aromatic N) is 2. The van der Waals surface area contributed by atoms with Gasteiger partial charge in [0.05, 0.1) is 24.2 Å². The first-order valence-corrected chi connectivity index (χ1v) is 9.35. The van der Waals surface area contributed by atoms with E-state index in [0.717, 1.165) is 14.6 Å². The van der Waals surface area contributed by atoms with Crippen LogP contribution >= 0.6 is 27.3 Å². The number of carbonyl (C=O) groups is 1. The maximum Gasteiger partial charge on any atom is 0.268 e. The van der Waals surface area contributed by atoms with Crippen LogP contribution in [0.3, 0.4) is 0 Å². The number of amides is 1. The van der Waals surface area contributed by atoms with Gasteiger partial charge in [-0.25, -0.2) is 4.98 Å². The lowest BCUT2D eigenvalue weighted by atomic mass is 10.2. The molecule has 0 radical (unpaired) electrons. The van der Waals surface area contributed by atoms with Crippen LogP contribution in [0.25, 0.3) is 20.3 Å². The molecule has 0 bridgehead atoms. The third-order valence-electron chi connectivity index (χ3n) is 4.40. The fourth-order valence-electron chi connectivity index (χ4n) is 3.29. The molecule has 3 aromatic rings. The van der Waals surface area contributed by atoms with Gasteiger partial charge in [0.25, 0.3) is 5.56 Å². The van der Waals surface area contributed by atoms with Crippen molar-refractivity contribution in [3.05, 3.63) is 38.9 Å². The molecule has 1 fully saturated rings. The highest BCUT2D eigenvalue weighted by molar-refractivity contribution is 9.10. The summed E-state index contributed by atoms with van der Waals surface area (Å²) in [5.74, 6) is -0.0255. The summed E-state index contributed by atoms with van der Waals surface area (Å²) in [5.41, 5.74) is 5.86. The maximum absolute atomic E-state index is 12.5. The summed E-state index contributed by atoms with van der Waals surface area (Å²) in [6.45, 7) is 0.576. The highest BCUT2D eigenvalue weighted by atomic mass is 79.9. The maximum atomic E-state index is 12.5. The van der Waals surface area contributed by atoms with Crippen molar-refractivity contribution in [2.24, 2.45) is 5.73 Å². The third kappa shape index (κ3) is 2.97. The topological polar surface area (TPSA) is 112 Å². The lowest BCUT2D eigenvalue weighted by molar-refractivity contribution is -0.122. The summed E-state index contributed by atoms with van der Waals surface area (Å²) in [6, 6.07) is 5.26. The van der Waals surface area contributed by atoms with Gasteiger partial charge in [-0.3, -0.25) is 14.5 Å². The smallest absolute Gasteiger partial charge is 0.268 e. The van der Waals surface area contributed by atoms with Gasteiger partial charge < -0.3 is 15.8 Å². The van der Waals surface area contributed by atoms with Crippen LogP contribution in [0.4, 0.5) is 0 Å². The first-order chi connectivity index (χ1) is 11.9. The molecule has 1 saturated heterocycles. The van der Waals surface area contributed by atoms with E-state index in [1.165, 1.54) is 11.3 Å². The van der Waals surface area contributed by atoms with Crippen molar-refractivity contribution in [1.82, 2.24) is 14.9 Å². The van der Waals surface area contributed by atoms with Gasteiger partial charge in [0.2, 0.25) is 5.91 Å². The van der Waals surface area contributed by atoms with Crippen molar-refractivity contribution < 1.29 is 9.90 Å². The summed E-state index contributed by atoms with van der Waals surface area (Å²) in [4.78, 5) is 33.2. The van der Waals surface area contributed by atoms with E-state index in [-0.39, 0.29) is 12.1 Å². The van der Waals surface area contributed by atoms with Gasteiger partial charge >= 0.3 is 0 Å². The number of nitrogens with one attached hydrogen (secondary N) is 1. The average Bonchev–Trinajstić information content (AvgIpc) is 3.08. The second kappa shape index (κ2) is 6.17. The van der Waals surface area contributed by atoms with E-state index in [1.54, 1.807) is 4.90 Å². The van der Waals surface area contributed by atoms with Crippen molar-refractivity contribution in [3.63, 3.8) is 0 Å². The lowest BCUT2D eigenvalue weighted by Gasteiger charge is -2.20. The zero-order valence-corrected chi connectivity index (χ0v) is 15.4. The first-order valence-electron chi connectivity index (χ1n) is 7.75. The number of aromatic amines is 1. The van der Waals surface area contributed by atoms with Crippen molar-refractivity contribution in [2.75, 3.05) is 6.54 Å². The van der Waals surface area contributed by atoms with Gasteiger partial charge in [0.15, 0.2) is 0 Å². The number of thiophene rings is 1. The van der Waals surface area contributed by atoms with E-state index in [2.05, 4.69) is 25.9 Å². The fourth-order valence-corrected chi connectivity index (χ4v) is 4.67. The van der Waals surface area contributed by atoms with Crippen LogP contribution in [0.1, 0.15) is 12.2 Å². The molecule has 4 N–H and O–H groups in total. The molecule has 0 unspecified atom stereocenters. The Hall–Kier alpha value is -1.81. The summed E-state index contributed by atoms with van der Waals surface area (Å²) in [7, 11) is 0. The number of likely N-dealkylation sites (tertiary alicyclic amines) is 1. The number of fused-ring (bicyclic) bond motifs is 3. The second-order valence-electron chi connectivity index (χ2n) is 6.17. The van der Waals surface area contributed by atoms with Crippen LogP contribution in [0, 0.1) is 0 Å². The molecule has 1 aliphatic rings. The van der Waals surface area contributed by atoms with Crippen molar-refractivity contribution in [1.29, 1.82) is 0 Å². The number of hydrogen-bond donors (Lipinski definition) is 3. The van der Waals surface area contributed by atoms with Crippen LogP contribution in [0.2, 0.25) is 0 Å². The zero-order chi connectivity index (χ0) is 17.7. The number of aliphatic hydroxyl groups is 1. The summed E-state index contributed by atoms with van der Waals surface area (Å²) >= 11 is 4.84. The van der Waals surface area contributed by atoms with Crippen LogP contribution in [0.5, 0.6) is 0 Å². The van der Waals surface area contributed by atoms with E-state index >= 15 is 0 Å². The number of β-amino-alcohol motifs (C(OH)–C–C–N with tert-alkyl or cyclic N) is 1. The molecule has 9 heteroatoms. The van der Waals surface area contributed by atoms with Crippen LogP contribution < -0.4 is 11.3 Å². The molecule has 1 aromatic carbocycles. The normalized spacial score (nSPS) is 21.4. The Bertz CT molecular complexity index is 1050. The number of primary amides is 1. The minimum atomic E-state index is -0.606. The number of H-pyrrole nitrogens is 1. The van der Waals surface area contributed by atoms with Gasteiger partial charge in [-0.2, -0.15) is 0 Å². The average molecular weight is 423 g/mol. The minimum Gasteiger partial charge on any atom is -0.392 e. The van der Waals surface area contributed by atoms with Gasteiger partial charge in [-0.05, 0) is 24.6 Å². The molecule has 1 aliphatic heterocycles. The van der Waals surface area contributed by atoms with E-state index in [0.29, 0.717) is 29.0 Å². The molecule has 2 atom stereocenters. The molecule has 3 heterocycles. The van der Waals surface area contributed by atoms with Crippen molar-refractivity contribution in [2.45, 2.75) is 25.1 Å². The van der Waals surface area contributed by atoms with Crippen molar-refractivity contribution >= 4 is 53.5 Å². The molecular formula is C16H15BrN4O3S. The van der Waals surface area contributed by atoms with Gasteiger partial charge in [-0.15, -0.1) is 11.3 Å². The Morgan fingerprint density at radius 2 is 2.32 bits per heavy atom. The molecule has 7 nitrogen and oxygen atoms in total. The number of benzene rings is 1. The van der Waals surface area contributed by atoms with Gasteiger partial charge in [0, 0.05) is 21.1 Å².